The molecular formula is C20H28N2O3. The first-order valence-electron chi connectivity index (χ1n) is 9.37. The van der Waals surface area contributed by atoms with E-state index in [4.69, 9.17) is 4.74 Å². The summed E-state index contributed by atoms with van der Waals surface area (Å²) in [6.45, 7) is 7.02. The molecule has 0 unspecified atom stereocenters. The van der Waals surface area contributed by atoms with Crippen LogP contribution in [0.15, 0.2) is 24.3 Å². The summed E-state index contributed by atoms with van der Waals surface area (Å²) in [5.41, 5.74) is 0.618. The summed E-state index contributed by atoms with van der Waals surface area (Å²) in [5, 5.41) is 3.47. The molecule has 1 saturated carbocycles. The van der Waals surface area contributed by atoms with Crippen LogP contribution in [0, 0.1) is 11.8 Å². The molecule has 2 aliphatic rings. The van der Waals surface area contributed by atoms with Crippen molar-refractivity contribution in [2.45, 2.75) is 58.5 Å². The van der Waals surface area contributed by atoms with E-state index in [1.807, 2.05) is 6.92 Å². The van der Waals surface area contributed by atoms with E-state index in [2.05, 4.69) is 19.2 Å². The lowest BCUT2D eigenvalue weighted by Gasteiger charge is -2.36. The van der Waals surface area contributed by atoms with Gasteiger partial charge in [-0.25, -0.2) is 4.90 Å². The van der Waals surface area contributed by atoms with Crippen molar-refractivity contribution in [3.63, 3.8) is 0 Å². The van der Waals surface area contributed by atoms with Gasteiger partial charge in [-0.1, -0.05) is 26.7 Å². The molecule has 3 rings (SSSR count). The molecule has 136 valence electrons. The molecule has 1 N–H and O–H groups in total. The molecule has 1 aromatic carbocycles. The number of hydrogen-bond acceptors (Lipinski definition) is 4. The fraction of sp³-hybridized carbons (Fsp3) is 0.600. The number of nitrogens with zero attached hydrogens (tertiary/aromatic N) is 1. The SMILES string of the molecule is CCOc1ccc(N2C(=O)C[C@H](N[C@@H]3CCC[C@H](C)[C@H]3C)C2=O)cc1. The Morgan fingerprint density at radius 1 is 1.16 bits per heavy atom. The number of hydrogen-bond donors (Lipinski definition) is 1. The fourth-order valence-electron chi connectivity index (χ4n) is 3.97. The summed E-state index contributed by atoms with van der Waals surface area (Å²) in [6.07, 6.45) is 3.74. The van der Waals surface area contributed by atoms with Gasteiger partial charge in [0.25, 0.3) is 5.91 Å². The maximum absolute atomic E-state index is 12.8. The molecule has 5 nitrogen and oxygen atoms in total. The molecule has 1 heterocycles. The van der Waals surface area contributed by atoms with Gasteiger partial charge in [0.15, 0.2) is 0 Å². The highest BCUT2D eigenvalue weighted by atomic mass is 16.5. The minimum Gasteiger partial charge on any atom is -0.494 e. The molecular weight excluding hydrogens is 316 g/mol. The van der Waals surface area contributed by atoms with Gasteiger partial charge in [-0.15, -0.1) is 0 Å². The van der Waals surface area contributed by atoms with E-state index in [0.29, 0.717) is 30.2 Å². The first-order chi connectivity index (χ1) is 12.0. The molecule has 4 atom stereocenters. The first kappa shape index (κ1) is 17.9. The second kappa shape index (κ2) is 7.56. The van der Waals surface area contributed by atoms with Crippen molar-refractivity contribution < 1.29 is 14.3 Å². The van der Waals surface area contributed by atoms with E-state index >= 15 is 0 Å². The molecule has 0 bridgehead atoms. The van der Waals surface area contributed by atoms with Crippen LogP contribution < -0.4 is 15.0 Å². The average Bonchev–Trinajstić information content (AvgIpc) is 2.87. The number of imide groups is 1. The largest absolute Gasteiger partial charge is 0.494 e. The summed E-state index contributed by atoms with van der Waals surface area (Å²) < 4.78 is 5.42. The molecule has 25 heavy (non-hydrogen) atoms. The topological polar surface area (TPSA) is 58.6 Å². The van der Waals surface area contributed by atoms with Crippen LogP contribution in [0.5, 0.6) is 5.75 Å². The molecule has 5 heteroatoms. The van der Waals surface area contributed by atoms with E-state index < -0.39 is 6.04 Å². The van der Waals surface area contributed by atoms with Gasteiger partial charge in [0.2, 0.25) is 5.91 Å². The second-order valence-corrected chi connectivity index (χ2v) is 7.29. The normalized spacial score (nSPS) is 30.0. The third-order valence-electron chi connectivity index (χ3n) is 5.67. The Labute approximate surface area is 149 Å². The number of carbonyl (C=O) groups is 2. The first-order valence-corrected chi connectivity index (χ1v) is 9.37. The predicted molar refractivity (Wildman–Crippen MR) is 97.6 cm³/mol. The van der Waals surface area contributed by atoms with Crippen LogP contribution in [0.4, 0.5) is 5.69 Å². The standard InChI is InChI=1S/C20H28N2O3/c1-4-25-16-10-8-15(9-11-16)22-19(23)12-18(20(22)24)21-17-7-5-6-13(2)14(17)3/h8-11,13-14,17-18,21H,4-7,12H2,1-3H3/t13-,14+,17+,18-/m0/s1. The van der Waals surface area contributed by atoms with Gasteiger partial charge in [-0.05, 0) is 49.4 Å². The molecule has 0 spiro atoms. The van der Waals surface area contributed by atoms with Gasteiger partial charge in [0.05, 0.1) is 24.8 Å². The summed E-state index contributed by atoms with van der Waals surface area (Å²) in [7, 11) is 0. The lowest BCUT2D eigenvalue weighted by Crippen LogP contribution is -2.48. The van der Waals surface area contributed by atoms with Crippen molar-refractivity contribution in [3.05, 3.63) is 24.3 Å². The second-order valence-electron chi connectivity index (χ2n) is 7.29. The minimum atomic E-state index is -0.406. The van der Waals surface area contributed by atoms with Gasteiger partial charge in [-0.3, -0.25) is 9.59 Å². The fourth-order valence-corrected chi connectivity index (χ4v) is 3.97. The number of anilines is 1. The molecule has 1 aliphatic heterocycles. The Balaban J connectivity index is 1.69. The van der Waals surface area contributed by atoms with Crippen LogP contribution in [-0.4, -0.2) is 30.5 Å². The van der Waals surface area contributed by atoms with Crippen molar-refractivity contribution in [3.8, 4) is 5.75 Å². The van der Waals surface area contributed by atoms with Gasteiger partial charge >= 0.3 is 0 Å². The molecule has 1 aromatic rings. The Morgan fingerprint density at radius 2 is 1.88 bits per heavy atom. The molecule has 2 amide bonds. The van der Waals surface area contributed by atoms with Crippen LogP contribution >= 0.6 is 0 Å². The number of nitrogens with one attached hydrogen (secondary N) is 1. The third kappa shape index (κ3) is 3.71. The smallest absolute Gasteiger partial charge is 0.251 e. The van der Waals surface area contributed by atoms with Gasteiger partial charge in [0.1, 0.15) is 5.75 Å². The Hall–Kier alpha value is -1.88. The van der Waals surface area contributed by atoms with Gasteiger partial charge in [0, 0.05) is 6.04 Å². The summed E-state index contributed by atoms with van der Waals surface area (Å²) in [6, 6.07) is 7.04. The number of ether oxygens (including phenoxy) is 1. The van der Waals surface area contributed by atoms with Crippen molar-refractivity contribution in [1.82, 2.24) is 5.32 Å². The zero-order chi connectivity index (χ0) is 18.0. The lowest BCUT2D eigenvalue weighted by atomic mass is 9.78. The van der Waals surface area contributed by atoms with Crippen molar-refractivity contribution in [2.75, 3.05) is 11.5 Å². The highest BCUT2D eigenvalue weighted by Gasteiger charge is 2.41. The Kier molecular flexibility index (Phi) is 5.42. The maximum Gasteiger partial charge on any atom is 0.251 e. The Morgan fingerprint density at radius 3 is 2.56 bits per heavy atom. The number of carbonyl (C=O) groups excluding carboxylic acids is 2. The summed E-state index contributed by atoms with van der Waals surface area (Å²) >= 11 is 0. The van der Waals surface area contributed by atoms with Crippen LogP contribution in [0.2, 0.25) is 0 Å². The van der Waals surface area contributed by atoms with Crippen LogP contribution in [0.3, 0.4) is 0 Å². The van der Waals surface area contributed by atoms with E-state index in [1.54, 1.807) is 24.3 Å². The quantitative estimate of drug-likeness (QED) is 0.834. The average molecular weight is 344 g/mol. The number of rotatable bonds is 5. The number of benzene rings is 1. The lowest BCUT2D eigenvalue weighted by molar-refractivity contribution is -0.121. The summed E-state index contributed by atoms with van der Waals surface area (Å²) in [5.74, 6) is 1.64. The molecule has 2 fully saturated rings. The van der Waals surface area contributed by atoms with Crippen LogP contribution in [0.25, 0.3) is 0 Å². The molecule has 1 saturated heterocycles. The molecule has 0 radical (unpaired) electrons. The van der Waals surface area contributed by atoms with E-state index in [-0.39, 0.29) is 18.2 Å². The molecule has 0 aromatic heterocycles. The Bertz CT molecular complexity index is 628. The summed E-state index contributed by atoms with van der Waals surface area (Å²) in [4.78, 5) is 26.5. The van der Waals surface area contributed by atoms with E-state index in [1.165, 1.54) is 17.7 Å². The van der Waals surface area contributed by atoms with Crippen LogP contribution in [0.1, 0.15) is 46.5 Å². The van der Waals surface area contributed by atoms with Crippen molar-refractivity contribution in [2.24, 2.45) is 11.8 Å². The van der Waals surface area contributed by atoms with Crippen LogP contribution in [-0.2, 0) is 9.59 Å². The van der Waals surface area contributed by atoms with E-state index in [0.717, 1.165) is 12.2 Å². The van der Waals surface area contributed by atoms with Gasteiger partial charge < -0.3 is 10.1 Å². The zero-order valence-corrected chi connectivity index (χ0v) is 15.3. The number of amides is 2. The minimum absolute atomic E-state index is 0.136. The molecule has 1 aliphatic carbocycles. The maximum atomic E-state index is 12.8. The van der Waals surface area contributed by atoms with Crippen molar-refractivity contribution in [1.29, 1.82) is 0 Å². The zero-order valence-electron chi connectivity index (χ0n) is 15.3. The van der Waals surface area contributed by atoms with E-state index in [9.17, 15) is 9.59 Å². The third-order valence-corrected chi connectivity index (χ3v) is 5.67. The van der Waals surface area contributed by atoms with Crippen molar-refractivity contribution >= 4 is 17.5 Å². The van der Waals surface area contributed by atoms with Gasteiger partial charge in [-0.2, -0.15) is 0 Å². The highest BCUT2D eigenvalue weighted by Crippen LogP contribution is 2.31. The monoisotopic (exact) mass is 344 g/mol. The highest BCUT2D eigenvalue weighted by molar-refractivity contribution is 6.22. The predicted octanol–water partition coefficient (Wildman–Crippen LogP) is 3.13.